The Kier molecular flexibility index (Phi) is 7.91. The Bertz CT molecular complexity index is 322. The van der Waals surface area contributed by atoms with Crippen LogP contribution in [0.15, 0.2) is 17.6 Å². The maximum Gasteiger partial charge on any atom is 0.187 e. The summed E-state index contributed by atoms with van der Waals surface area (Å²) in [6, 6.07) is 0. The molecule has 0 aromatic carbocycles. The van der Waals surface area contributed by atoms with Crippen LogP contribution in [0.3, 0.4) is 0 Å². The Balaban J connectivity index is 2.28. The van der Waals surface area contributed by atoms with E-state index in [9.17, 15) is 0 Å². The third-order valence-corrected chi connectivity index (χ3v) is 3.51. The normalized spacial score (nSPS) is 12.6. The van der Waals surface area contributed by atoms with Crippen LogP contribution in [0.4, 0.5) is 0 Å². The second-order valence-corrected chi connectivity index (χ2v) is 5.13. The Morgan fingerprint density at radius 2 is 2.17 bits per heavy atom. The Hall–Kier alpha value is -0.690. The number of hydrogen-bond acceptors (Lipinski definition) is 6. The first-order valence-electron chi connectivity index (χ1n) is 6.00. The van der Waals surface area contributed by atoms with Gasteiger partial charge in [-0.1, -0.05) is 18.7 Å². The number of aliphatic hydroxyl groups excluding tert-OH is 1. The van der Waals surface area contributed by atoms with Crippen molar-refractivity contribution in [3.05, 3.63) is 18.0 Å². The first kappa shape index (κ1) is 15.4. The lowest BCUT2D eigenvalue weighted by Crippen LogP contribution is -2.18. The standard InChI is InChI=1S/C12H21N3O2S/c1-10(8-16)9-18-12-14-6-11(7-15-12)5-13-3-4-17-2/h6-7,10,13,16H,3-5,8-9H2,1-2H3. The molecule has 18 heavy (non-hydrogen) atoms. The minimum absolute atomic E-state index is 0.203. The first-order valence-corrected chi connectivity index (χ1v) is 6.99. The lowest BCUT2D eigenvalue weighted by atomic mass is 10.2. The maximum absolute atomic E-state index is 8.93. The van der Waals surface area contributed by atoms with Crippen molar-refractivity contribution < 1.29 is 9.84 Å². The lowest BCUT2D eigenvalue weighted by molar-refractivity contribution is 0.199. The Labute approximate surface area is 112 Å². The van der Waals surface area contributed by atoms with Gasteiger partial charge in [-0.2, -0.15) is 0 Å². The van der Waals surface area contributed by atoms with Crippen molar-refractivity contribution in [2.24, 2.45) is 5.92 Å². The van der Waals surface area contributed by atoms with Gasteiger partial charge >= 0.3 is 0 Å². The molecular formula is C12H21N3O2S. The molecule has 5 nitrogen and oxygen atoms in total. The fourth-order valence-electron chi connectivity index (χ4n) is 1.19. The van der Waals surface area contributed by atoms with E-state index in [0.29, 0.717) is 6.61 Å². The van der Waals surface area contributed by atoms with Gasteiger partial charge in [0.15, 0.2) is 5.16 Å². The minimum atomic E-state index is 0.203. The number of methoxy groups -OCH3 is 1. The number of aliphatic hydroxyl groups is 1. The number of aromatic nitrogens is 2. The van der Waals surface area contributed by atoms with Crippen molar-refractivity contribution in [1.29, 1.82) is 0 Å². The highest BCUT2D eigenvalue weighted by atomic mass is 32.2. The third-order valence-electron chi connectivity index (χ3n) is 2.30. The smallest absolute Gasteiger partial charge is 0.187 e. The molecule has 0 saturated heterocycles. The quantitative estimate of drug-likeness (QED) is 0.396. The van der Waals surface area contributed by atoms with Gasteiger partial charge in [0.1, 0.15) is 0 Å². The van der Waals surface area contributed by atoms with Gasteiger partial charge < -0.3 is 15.2 Å². The summed E-state index contributed by atoms with van der Waals surface area (Å²) in [5.41, 5.74) is 1.06. The van der Waals surface area contributed by atoms with E-state index >= 15 is 0 Å². The summed E-state index contributed by atoms with van der Waals surface area (Å²) < 4.78 is 4.95. The van der Waals surface area contributed by atoms with E-state index in [1.807, 2.05) is 19.3 Å². The summed E-state index contributed by atoms with van der Waals surface area (Å²) in [5, 5.41) is 12.9. The second-order valence-electron chi connectivity index (χ2n) is 4.14. The zero-order valence-electron chi connectivity index (χ0n) is 10.9. The topological polar surface area (TPSA) is 67.3 Å². The second kappa shape index (κ2) is 9.27. The van der Waals surface area contributed by atoms with Crippen molar-refractivity contribution in [3.63, 3.8) is 0 Å². The van der Waals surface area contributed by atoms with E-state index in [1.54, 1.807) is 18.9 Å². The summed E-state index contributed by atoms with van der Waals surface area (Å²) in [7, 11) is 1.68. The molecule has 0 aliphatic rings. The average Bonchev–Trinajstić information content (AvgIpc) is 2.42. The van der Waals surface area contributed by atoms with Crippen LogP contribution in [-0.4, -0.2) is 47.7 Å². The molecule has 6 heteroatoms. The molecule has 0 aliphatic carbocycles. The summed E-state index contributed by atoms with van der Waals surface area (Å²) >= 11 is 1.57. The third kappa shape index (κ3) is 6.30. The molecule has 1 atom stereocenters. The van der Waals surface area contributed by atoms with Gasteiger partial charge in [0.2, 0.25) is 0 Å². The minimum Gasteiger partial charge on any atom is -0.396 e. The van der Waals surface area contributed by atoms with Gasteiger partial charge in [0.25, 0.3) is 0 Å². The van der Waals surface area contributed by atoms with E-state index < -0.39 is 0 Å². The molecule has 0 aliphatic heterocycles. The monoisotopic (exact) mass is 271 g/mol. The summed E-state index contributed by atoms with van der Waals surface area (Å²) in [6.45, 7) is 4.48. The summed E-state index contributed by atoms with van der Waals surface area (Å²) in [6.07, 6.45) is 3.66. The van der Waals surface area contributed by atoms with Crippen LogP contribution in [0, 0.1) is 5.92 Å². The molecule has 0 amide bonds. The van der Waals surface area contributed by atoms with Crippen LogP contribution in [0.25, 0.3) is 0 Å². The number of nitrogens with one attached hydrogen (secondary N) is 1. The van der Waals surface area contributed by atoms with Crippen molar-refractivity contribution >= 4 is 11.8 Å². The van der Waals surface area contributed by atoms with Crippen molar-refractivity contribution in [2.45, 2.75) is 18.6 Å². The lowest BCUT2D eigenvalue weighted by Gasteiger charge is -2.07. The van der Waals surface area contributed by atoms with Crippen LogP contribution in [0.1, 0.15) is 12.5 Å². The van der Waals surface area contributed by atoms with Crippen LogP contribution >= 0.6 is 11.8 Å². The van der Waals surface area contributed by atoms with Crippen LogP contribution in [0.2, 0.25) is 0 Å². The Morgan fingerprint density at radius 3 is 2.78 bits per heavy atom. The largest absolute Gasteiger partial charge is 0.396 e. The molecule has 0 saturated carbocycles. The highest BCUT2D eigenvalue weighted by Gasteiger charge is 2.03. The van der Waals surface area contributed by atoms with Gasteiger partial charge in [-0.3, -0.25) is 0 Å². The van der Waals surface area contributed by atoms with Gasteiger partial charge in [-0.25, -0.2) is 9.97 Å². The molecule has 1 aromatic rings. The molecule has 2 N–H and O–H groups in total. The molecule has 0 radical (unpaired) electrons. The van der Waals surface area contributed by atoms with Crippen molar-refractivity contribution in [3.8, 4) is 0 Å². The van der Waals surface area contributed by atoms with E-state index in [-0.39, 0.29) is 12.5 Å². The first-order chi connectivity index (χ1) is 8.76. The van der Waals surface area contributed by atoms with Gasteiger partial charge in [0, 0.05) is 50.5 Å². The van der Waals surface area contributed by atoms with Gasteiger partial charge in [0.05, 0.1) is 6.61 Å². The highest BCUT2D eigenvalue weighted by molar-refractivity contribution is 7.99. The average molecular weight is 271 g/mol. The molecule has 1 aromatic heterocycles. The fourth-order valence-corrected chi connectivity index (χ4v) is 1.98. The van der Waals surface area contributed by atoms with Crippen molar-refractivity contribution in [1.82, 2.24) is 15.3 Å². The predicted molar refractivity (Wildman–Crippen MR) is 72.6 cm³/mol. The van der Waals surface area contributed by atoms with Crippen LogP contribution in [0.5, 0.6) is 0 Å². The van der Waals surface area contributed by atoms with E-state index in [1.165, 1.54) is 0 Å². The predicted octanol–water partition coefficient (Wildman–Crippen LogP) is 0.933. The molecule has 1 heterocycles. The molecule has 0 spiro atoms. The number of ether oxygens (including phenoxy) is 1. The van der Waals surface area contributed by atoms with E-state index in [0.717, 1.165) is 29.6 Å². The number of rotatable bonds is 9. The molecule has 102 valence electrons. The molecule has 1 unspecified atom stereocenters. The zero-order chi connectivity index (χ0) is 13.2. The van der Waals surface area contributed by atoms with E-state index in [4.69, 9.17) is 9.84 Å². The molecule has 1 rings (SSSR count). The maximum atomic E-state index is 8.93. The number of nitrogens with zero attached hydrogens (tertiary/aromatic N) is 2. The zero-order valence-corrected chi connectivity index (χ0v) is 11.7. The van der Waals surface area contributed by atoms with Crippen LogP contribution in [-0.2, 0) is 11.3 Å². The summed E-state index contributed by atoms with van der Waals surface area (Å²) in [5.74, 6) is 1.11. The number of thioether (sulfide) groups is 1. The van der Waals surface area contributed by atoms with Crippen LogP contribution < -0.4 is 5.32 Å². The van der Waals surface area contributed by atoms with E-state index in [2.05, 4.69) is 15.3 Å². The molecular weight excluding hydrogens is 250 g/mol. The SMILES string of the molecule is COCCNCc1cnc(SCC(C)CO)nc1. The molecule has 0 fully saturated rings. The Morgan fingerprint density at radius 1 is 1.44 bits per heavy atom. The fraction of sp³-hybridized carbons (Fsp3) is 0.667. The molecule has 0 bridgehead atoms. The van der Waals surface area contributed by atoms with Crippen molar-refractivity contribution in [2.75, 3.05) is 32.6 Å². The highest BCUT2D eigenvalue weighted by Crippen LogP contribution is 2.15. The summed E-state index contributed by atoms with van der Waals surface area (Å²) in [4.78, 5) is 8.57. The van der Waals surface area contributed by atoms with Gasteiger partial charge in [-0.15, -0.1) is 0 Å². The van der Waals surface area contributed by atoms with Gasteiger partial charge in [-0.05, 0) is 5.92 Å². The number of hydrogen-bond donors (Lipinski definition) is 2.